The number of aliphatic hydroxyl groups is 2. The molecular formula is C21H26O9. The van der Waals surface area contributed by atoms with E-state index in [4.69, 9.17) is 18.9 Å². The molecule has 164 valence electrons. The number of fused-ring (bicyclic) bond motifs is 3. The second-order valence-corrected chi connectivity index (χ2v) is 8.12. The van der Waals surface area contributed by atoms with Gasteiger partial charge in [-0.1, -0.05) is 13.5 Å². The van der Waals surface area contributed by atoms with Crippen LogP contribution in [0.2, 0.25) is 0 Å². The highest BCUT2D eigenvalue weighted by Gasteiger charge is 2.52. The molecular weight excluding hydrogens is 396 g/mol. The highest BCUT2D eigenvalue weighted by Crippen LogP contribution is 2.47. The normalized spacial score (nSPS) is 34.7. The molecule has 0 amide bonds. The zero-order chi connectivity index (χ0) is 22.3. The molecule has 9 nitrogen and oxygen atoms in total. The first-order chi connectivity index (χ1) is 14.0. The molecule has 0 saturated carbocycles. The summed E-state index contributed by atoms with van der Waals surface area (Å²) < 4.78 is 21.9. The number of ether oxygens (including phenoxy) is 4. The summed E-state index contributed by atoms with van der Waals surface area (Å²) in [5.74, 6) is -3.96. The molecule has 0 spiro atoms. The third-order valence-electron chi connectivity index (χ3n) is 5.67. The molecule has 3 aliphatic rings. The van der Waals surface area contributed by atoms with Crippen LogP contribution in [0, 0.1) is 5.92 Å². The maximum Gasteiger partial charge on any atom is 0.343 e. The average molecular weight is 422 g/mol. The zero-order valence-corrected chi connectivity index (χ0v) is 17.2. The quantitative estimate of drug-likeness (QED) is 0.379. The summed E-state index contributed by atoms with van der Waals surface area (Å²) in [6, 6.07) is 0. The van der Waals surface area contributed by atoms with Gasteiger partial charge in [-0.3, -0.25) is 4.79 Å². The molecule has 0 radical (unpaired) electrons. The first-order valence-electron chi connectivity index (χ1n) is 9.72. The molecule has 4 atom stereocenters. The van der Waals surface area contributed by atoms with Gasteiger partial charge >= 0.3 is 17.9 Å². The van der Waals surface area contributed by atoms with Gasteiger partial charge in [0.15, 0.2) is 5.79 Å². The minimum absolute atomic E-state index is 0.0458. The molecule has 3 heterocycles. The highest BCUT2D eigenvalue weighted by molar-refractivity contribution is 5.96. The van der Waals surface area contributed by atoms with Gasteiger partial charge in [-0.05, 0) is 25.8 Å². The molecule has 1 saturated heterocycles. The summed E-state index contributed by atoms with van der Waals surface area (Å²) in [6.07, 6.45) is 1.51. The topological polar surface area (TPSA) is 129 Å². The van der Waals surface area contributed by atoms with E-state index in [0.29, 0.717) is 12.8 Å². The lowest BCUT2D eigenvalue weighted by atomic mass is 9.86. The number of aliphatic hydroxyl groups excluding tert-OH is 1. The van der Waals surface area contributed by atoms with E-state index < -0.39 is 47.9 Å². The molecule has 2 bridgehead atoms. The average Bonchev–Trinajstić information content (AvgIpc) is 3.14. The third-order valence-corrected chi connectivity index (χ3v) is 5.67. The molecule has 30 heavy (non-hydrogen) atoms. The van der Waals surface area contributed by atoms with Gasteiger partial charge in [-0.15, -0.1) is 0 Å². The summed E-state index contributed by atoms with van der Waals surface area (Å²) in [5.41, 5.74) is -0.768. The van der Waals surface area contributed by atoms with E-state index in [1.165, 1.54) is 6.92 Å². The van der Waals surface area contributed by atoms with Crippen molar-refractivity contribution in [1.82, 2.24) is 0 Å². The van der Waals surface area contributed by atoms with Crippen molar-refractivity contribution in [3.05, 3.63) is 35.1 Å². The molecule has 0 aromatic carbocycles. The monoisotopic (exact) mass is 422 g/mol. The predicted molar refractivity (Wildman–Crippen MR) is 101 cm³/mol. The van der Waals surface area contributed by atoms with Crippen molar-refractivity contribution in [3.63, 3.8) is 0 Å². The Morgan fingerprint density at radius 1 is 1.37 bits per heavy atom. The van der Waals surface area contributed by atoms with E-state index in [9.17, 15) is 24.6 Å². The van der Waals surface area contributed by atoms with E-state index in [-0.39, 0.29) is 35.5 Å². The Kier molecular flexibility index (Phi) is 5.90. The van der Waals surface area contributed by atoms with Crippen molar-refractivity contribution in [2.24, 2.45) is 5.92 Å². The van der Waals surface area contributed by atoms with Crippen LogP contribution >= 0.6 is 0 Å². The molecule has 9 heteroatoms. The van der Waals surface area contributed by atoms with Crippen molar-refractivity contribution in [3.8, 4) is 0 Å². The van der Waals surface area contributed by atoms with E-state index in [1.807, 2.05) is 0 Å². The van der Waals surface area contributed by atoms with Gasteiger partial charge in [0.2, 0.25) is 0 Å². The minimum Gasteiger partial charge on any atom is -0.461 e. The maximum absolute atomic E-state index is 12.5. The molecule has 2 N–H and O–H groups in total. The zero-order valence-electron chi connectivity index (χ0n) is 17.2. The first kappa shape index (κ1) is 22.2. The fourth-order valence-electron chi connectivity index (χ4n) is 3.91. The van der Waals surface area contributed by atoms with Crippen molar-refractivity contribution in [1.29, 1.82) is 0 Å². The second kappa shape index (κ2) is 7.98. The van der Waals surface area contributed by atoms with Crippen LogP contribution in [0.25, 0.3) is 0 Å². The number of carbonyl (C=O) groups is 3. The van der Waals surface area contributed by atoms with E-state index in [2.05, 4.69) is 6.58 Å². The van der Waals surface area contributed by atoms with Gasteiger partial charge in [0.1, 0.15) is 18.5 Å². The lowest BCUT2D eigenvalue weighted by Crippen LogP contribution is -2.40. The standard InChI is InChI=1S/C21H26O9/c1-11(9-22)18(24)28-15-7-12(2)21(26)6-5-20(4,30-21)8-16-17(15)14(19(25)29-16)10-27-13(3)23/h8,12,15,22,26H,1,5-7,9-10H2,2-4H3/b16-8+. The fraction of sp³-hybridized carbons (Fsp3) is 0.571. The smallest absolute Gasteiger partial charge is 0.343 e. The van der Waals surface area contributed by atoms with Crippen LogP contribution in [0.3, 0.4) is 0 Å². The fourth-order valence-corrected chi connectivity index (χ4v) is 3.91. The Hall–Kier alpha value is -2.49. The van der Waals surface area contributed by atoms with Crippen molar-refractivity contribution >= 4 is 17.9 Å². The summed E-state index contributed by atoms with van der Waals surface area (Å²) in [6.45, 7) is 7.24. The van der Waals surface area contributed by atoms with Crippen LogP contribution in [0.4, 0.5) is 0 Å². The van der Waals surface area contributed by atoms with Gasteiger partial charge in [0.05, 0.1) is 23.4 Å². The van der Waals surface area contributed by atoms with Gasteiger partial charge in [-0.25, -0.2) is 9.59 Å². The van der Waals surface area contributed by atoms with Gasteiger partial charge in [-0.2, -0.15) is 0 Å². The Morgan fingerprint density at radius 2 is 2.07 bits per heavy atom. The number of carbonyl (C=O) groups excluding carboxylic acids is 3. The van der Waals surface area contributed by atoms with Crippen LogP contribution < -0.4 is 0 Å². The third kappa shape index (κ3) is 4.19. The summed E-state index contributed by atoms with van der Waals surface area (Å²) in [5, 5.41) is 20.2. The Bertz CT molecular complexity index is 855. The van der Waals surface area contributed by atoms with Gasteiger partial charge in [0, 0.05) is 24.8 Å². The summed E-state index contributed by atoms with van der Waals surface area (Å²) in [7, 11) is 0. The van der Waals surface area contributed by atoms with E-state index in [0.717, 1.165) is 0 Å². The minimum atomic E-state index is -1.45. The largest absolute Gasteiger partial charge is 0.461 e. The SMILES string of the molecule is C=C(CO)C(=O)OC1CC(C)C2(O)CCC(C)(/C=C3/OC(=O)C(COC(C)=O)=C31)O2. The van der Waals surface area contributed by atoms with Gasteiger partial charge in [0.25, 0.3) is 0 Å². The molecule has 3 aliphatic heterocycles. The summed E-state index contributed by atoms with van der Waals surface area (Å²) in [4.78, 5) is 36.2. The van der Waals surface area contributed by atoms with Gasteiger partial charge < -0.3 is 29.2 Å². The van der Waals surface area contributed by atoms with E-state index >= 15 is 0 Å². The second-order valence-electron chi connectivity index (χ2n) is 8.12. The first-order valence-corrected chi connectivity index (χ1v) is 9.72. The lowest BCUT2D eigenvalue weighted by molar-refractivity contribution is -0.238. The van der Waals surface area contributed by atoms with E-state index in [1.54, 1.807) is 19.9 Å². The van der Waals surface area contributed by atoms with Crippen LogP contribution in [0.5, 0.6) is 0 Å². The molecule has 3 rings (SSSR count). The van der Waals surface area contributed by atoms with Crippen LogP contribution in [0.15, 0.2) is 35.1 Å². The predicted octanol–water partition coefficient (Wildman–Crippen LogP) is 1.04. The van der Waals surface area contributed by atoms with Crippen molar-refractivity contribution in [2.45, 2.75) is 57.5 Å². The van der Waals surface area contributed by atoms with Crippen LogP contribution in [0.1, 0.15) is 40.0 Å². The molecule has 1 fully saturated rings. The molecule has 0 aromatic heterocycles. The molecule has 4 unspecified atom stereocenters. The Morgan fingerprint density at radius 3 is 2.70 bits per heavy atom. The highest BCUT2D eigenvalue weighted by atomic mass is 16.6. The van der Waals surface area contributed by atoms with Crippen molar-refractivity contribution < 1.29 is 43.5 Å². The Labute approximate surface area is 173 Å². The molecule has 0 aliphatic carbocycles. The Balaban J connectivity index is 2.10. The maximum atomic E-state index is 12.5. The van der Waals surface area contributed by atoms with Crippen molar-refractivity contribution in [2.75, 3.05) is 13.2 Å². The van der Waals surface area contributed by atoms with Crippen LogP contribution in [-0.4, -0.2) is 58.8 Å². The number of hydrogen-bond donors (Lipinski definition) is 2. The summed E-state index contributed by atoms with van der Waals surface area (Å²) >= 11 is 0. The number of esters is 3. The number of rotatable bonds is 5. The lowest BCUT2D eigenvalue weighted by Gasteiger charge is -2.33. The van der Waals surface area contributed by atoms with Crippen LogP contribution in [-0.2, 0) is 33.3 Å². The number of hydrogen-bond acceptors (Lipinski definition) is 9. The molecule has 0 aromatic rings.